The molecule has 0 aromatic heterocycles. The molecule has 0 aliphatic heterocycles. The van der Waals surface area contributed by atoms with E-state index in [1.165, 1.54) is 0 Å². The van der Waals surface area contributed by atoms with Crippen molar-refractivity contribution in [3.63, 3.8) is 0 Å². The smallest absolute Gasteiger partial charge is 0.0622 e. The molecule has 642 valence electrons. The number of hydrogen-bond donors (Lipinski definition) is 0. The monoisotopic (exact) mass is 1840 g/mol. The Balaban J connectivity index is 0.000000161. The minimum atomic E-state index is -1.17. The van der Waals surface area contributed by atoms with Gasteiger partial charge in [0, 0.05) is 0 Å². The maximum Gasteiger partial charge on any atom is 0.0636 e. The summed E-state index contributed by atoms with van der Waals surface area (Å²) in [4.78, 5) is 0. The summed E-state index contributed by atoms with van der Waals surface area (Å²) in [6, 6.07) is -90.4. The molecule has 0 nitrogen and oxygen atoms in total. The Labute approximate surface area is 929 Å². The van der Waals surface area contributed by atoms with Gasteiger partial charge in [-0.15, -0.1) is 0 Å². The molecule has 0 saturated heterocycles. The van der Waals surface area contributed by atoms with Crippen LogP contribution < -0.4 is 0 Å². The van der Waals surface area contributed by atoms with Crippen molar-refractivity contribution in [1.82, 2.24) is 0 Å². The molecule has 27 rings (SSSR count). The Morgan fingerprint density at radius 3 is 0.580 bits per heavy atom. The zero-order valence-corrected chi connectivity index (χ0v) is 69.0. The van der Waals surface area contributed by atoms with Gasteiger partial charge in [0.25, 0.3) is 0 Å². The fraction of sp³-hybridized carbons (Fsp3) is 0. The van der Waals surface area contributed by atoms with E-state index in [0.29, 0.717) is 0 Å². The first-order valence-corrected chi connectivity index (χ1v) is 40.5. The molecule has 27 aromatic carbocycles. The van der Waals surface area contributed by atoms with E-state index in [0.717, 1.165) is 0 Å². The highest BCUT2D eigenvalue weighted by molar-refractivity contribution is 6.26. The first-order chi connectivity index (χ1) is 106. The summed E-state index contributed by atoms with van der Waals surface area (Å²) in [5.74, 6) is 0. The van der Waals surface area contributed by atoms with Gasteiger partial charge in [-0.3, -0.25) is 0 Å². The molecule has 138 heavy (non-hydrogen) atoms. The van der Waals surface area contributed by atoms with Crippen LogP contribution in [0.2, 0.25) is 0 Å². The average Bonchev–Trinajstić information content (AvgIpc) is 0.682. The van der Waals surface area contributed by atoms with Crippen molar-refractivity contribution in [3.05, 3.63) is 544 Å². The van der Waals surface area contributed by atoms with Crippen LogP contribution in [0.1, 0.15) is 123 Å². The Morgan fingerprint density at radius 2 is 0.268 bits per heavy atom. The lowest BCUT2D eigenvalue weighted by molar-refractivity contribution is 1.62. The summed E-state index contributed by atoms with van der Waals surface area (Å²) < 4.78 is 810. The fourth-order valence-electron chi connectivity index (χ4n) is 15.5. The van der Waals surface area contributed by atoms with E-state index in [1.54, 1.807) is 0 Å². The van der Waals surface area contributed by atoms with Crippen LogP contribution in [-0.4, -0.2) is 0 Å². The predicted octanol–water partition coefficient (Wildman–Crippen LogP) is 38.9. The largest absolute Gasteiger partial charge is 0.0636 e. The van der Waals surface area contributed by atoms with E-state index in [-0.39, 0.29) is 0 Å². The third-order valence-electron chi connectivity index (χ3n) is 21.4. The molecule has 0 N–H and O–H groups in total. The van der Waals surface area contributed by atoms with Crippen LogP contribution in [0, 0.1) is 0 Å². The van der Waals surface area contributed by atoms with Crippen molar-refractivity contribution in [2.45, 2.75) is 0 Å². The second-order valence-electron chi connectivity index (χ2n) is 29.2. The first-order valence-electron chi connectivity index (χ1n) is 85.5. The molecule has 0 heteroatoms. The lowest BCUT2D eigenvalue weighted by Crippen LogP contribution is -1.92. The van der Waals surface area contributed by atoms with Crippen LogP contribution in [-0.2, 0) is 0 Å². The van der Waals surface area contributed by atoms with Gasteiger partial charge in [-0.25, -0.2) is 0 Å². The fourth-order valence-corrected chi connectivity index (χ4v) is 15.5. The minimum absolute atomic E-state index is 0.598. The van der Waals surface area contributed by atoms with E-state index in [4.69, 9.17) is 82.2 Å². The molecular weight excluding hydrogens is 1660 g/mol. The van der Waals surface area contributed by atoms with Crippen molar-refractivity contribution >= 4 is 129 Å². The number of rotatable bonds is 12. The second kappa shape index (κ2) is 35.5. The summed E-state index contributed by atoms with van der Waals surface area (Å²) in [5, 5.41) is -18.1. The van der Waals surface area contributed by atoms with Gasteiger partial charge in [0.2, 0.25) is 0 Å². The molecule has 0 fully saturated rings. The standard InChI is InChI=1S/3C46H30/c1-2-13-33(14-3-1)45-41-19-8-9-20-42(41)46(40-18-10-17-36(29-40)37-23-21-31-11-4-6-15-34(31)27-37)43-26-25-39(30-44(43)45)38-24-22-32-12-5-7-16-35(32)28-38;1-2-13-33(14-3-1)45-41-19-8-9-20-42(41)46(40-18-10-17-36(29-40)37-23-21-31-11-4-6-15-34(31)27-37)44-30-39(25-26-43(44)45)38-24-22-32-12-5-7-16-35(32)28-38;1-2-14-33(15-3-1)45-41-21-8-9-22-42(41)46(38-19-10-18-35(29-38)36-25-24-31-12-4-5-16-34(31)28-36)44-30-37(26-27-43(44)45)40-23-11-17-32-13-6-7-20-39(32)40/h3*1-30H/i3*1D,2D,3D,4D,5D,6D,7D,8D,9D,10D,11D,12D,13D,14D,15D,16D,17D,18D,19D,20D,21D,22D,23D,24D,25D,26D,27D,28D,29D,30D. The van der Waals surface area contributed by atoms with Crippen LogP contribution in [0.25, 0.3) is 263 Å². The Hall–Kier alpha value is -17.9. The lowest BCUT2D eigenvalue weighted by Gasteiger charge is -2.19. The van der Waals surface area contributed by atoms with Gasteiger partial charge >= 0.3 is 0 Å². The van der Waals surface area contributed by atoms with Crippen LogP contribution in [0.15, 0.2) is 544 Å². The second-order valence-corrected chi connectivity index (χ2v) is 29.2. The van der Waals surface area contributed by atoms with Crippen molar-refractivity contribution in [2.24, 2.45) is 0 Å². The molecule has 0 aliphatic rings. The van der Waals surface area contributed by atoms with Crippen LogP contribution in [0.4, 0.5) is 0 Å². The SMILES string of the molecule is [2H]c1c([2H])c([2H])c(-c2c3c([2H])c([2H])c([2H])c([2H])c3c(-c3c([2H])c([2H])c([2H])c(-c4c([2H])c([2H])c5c([2H])c([2H])c([2H])c([2H])c5c4[2H])c3[2H])c3c([2H])c(-c4c([2H])c([2H])c([2H])c5c([2H])c([2H])c([2H])c([2H])c45)c([2H])c([2H])c23)c([2H])c1[2H].[2H]c1c([2H])c([2H])c(-c2c3c([2H])c([2H])c([2H])c([2H])c3c(-c3c([2H])c([2H])c([2H])c(-c4c([2H])c([2H])c5c([2H])c([2H])c([2H])c([2H])c5c4[2H])c3[2H])c3c([2H])c(-c4c([2H])c([2H])c5c([2H])c([2H])c([2H])c([2H])c5c4[2H])c([2H])c([2H])c23)c([2H])c1[2H].[2H]c1c([2H])c([2H])c(-c2c3c([2H])c([2H])c([2H])c([2H])c3c(-c3c([2H])c([2H])c([2H])c(-c4c([2H])c([2H])c5c([2H])c([2H])c([2H])c([2H])c5c4[2H])c3[2H])c3c([2H])c([2H])c(-c4c([2H])c([2H])c5c([2H])c([2H])c([2H])c([2H])c5c4[2H])c([2H])c23)c([2H])c1[2H]. The van der Waals surface area contributed by atoms with Gasteiger partial charge in [0.1, 0.15) is 0 Å². The highest BCUT2D eigenvalue weighted by Crippen LogP contribution is 2.51. The summed E-state index contributed by atoms with van der Waals surface area (Å²) in [5.41, 5.74) is -21.6. The van der Waals surface area contributed by atoms with Gasteiger partial charge in [-0.1, -0.05) is 477 Å². The molecule has 0 heterocycles. The van der Waals surface area contributed by atoms with E-state index in [9.17, 15) is 41.1 Å². The Kier molecular flexibility index (Phi) is 8.00. The van der Waals surface area contributed by atoms with Crippen molar-refractivity contribution in [1.29, 1.82) is 0 Å². The molecule has 0 aliphatic carbocycles. The number of benzene rings is 27. The third-order valence-corrected chi connectivity index (χ3v) is 21.4. The van der Waals surface area contributed by atoms with Gasteiger partial charge in [-0.05, 0) is 329 Å². The normalized spacial score (nSPS) is 20.6. The van der Waals surface area contributed by atoms with E-state index in [2.05, 4.69) is 0 Å². The average molecular weight is 1840 g/mol. The summed E-state index contributed by atoms with van der Waals surface area (Å²) in [6.45, 7) is 0. The summed E-state index contributed by atoms with van der Waals surface area (Å²) in [7, 11) is 0. The Bertz CT molecular complexity index is 15300. The zero-order valence-electron chi connectivity index (χ0n) is 159. The first kappa shape index (κ1) is 31.1. The van der Waals surface area contributed by atoms with E-state index in [1.807, 2.05) is 0 Å². The predicted molar refractivity (Wildman–Crippen MR) is 595 cm³/mol. The summed E-state index contributed by atoms with van der Waals surface area (Å²) >= 11 is 0. The van der Waals surface area contributed by atoms with Crippen LogP contribution >= 0.6 is 0 Å². The highest BCUT2D eigenvalue weighted by Gasteiger charge is 2.24. The third kappa shape index (κ3) is 15.3. The van der Waals surface area contributed by atoms with Crippen molar-refractivity contribution in [2.75, 3.05) is 0 Å². The molecule has 0 bridgehead atoms. The van der Waals surface area contributed by atoms with E-state index >= 15 is 0 Å². The highest BCUT2D eigenvalue weighted by atomic mass is 14.3. The summed E-state index contributed by atoms with van der Waals surface area (Å²) in [6.07, 6.45) is 0. The molecule has 0 atom stereocenters. The molecule has 0 unspecified atom stereocenters. The van der Waals surface area contributed by atoms with Gasteiger partial charge < -0.3 is 0 Å². The molecule has 0 spiro atoms. The molecular formula is C138H90. The van der Waals surface area contributed by atoms with E-state index < -0.39 is 807 Å². The molecule has 0 radical (unpaired) electrons. The van der Waals surface area contributed by atoms with Gasteiger partial charge in [0.15, 0.2) is 0 Å². The quantitative estimate of drug-likeness (QED) is 0.107. The maximum atomic E-state index is 10.2. The van der Waals surface area contributed by atoms with Crippen LogP contribution in [0.5, 0.6) is 0 Å². The molecule has 0 amide bonds. The van der Waals surface area contributed by atoms with Crippen LogP contribution in [0.3, 0.4) is 0 Å². The maximum absolute atomic E-state index is 10.2. The van der Waals surface area contributed by atoms with Crippen molar-refractivity contribution in [3.8, 4) is 134 Å². The minimum Gasteiger partial charge on any atom is -0.0622 e. The molecule has 27 aromatic rings. The lowest BCUT2D eigenvalue weighted by atomic mass is 9.84. The number of fused-ring (bicyclic) bond motifs is 12. The molecule has 0 saturated carbocycles. The Morgan fingerprint density at radius 1 is 0.0870 bits per heavy atom. The zero-order chi connectivity index (χ0) is 170. The van der Waals surface area contributed by atoms with Crippen molar-refractivity contribution < 1.29 is 123 Å². The topological polar surface area (TPSA) is 0 Å². The van der Waals surface area contributed by atoms with Gasteiger partial charge in [0.05, 0.1) is 123 Å². The number of hydrogen-bond acceptors (Lipinski definition) is 0. The van der Waals surface area contributed by atoms with Gasteiger partial charge in [-0.2, -0.15) is 0 Å².